The number of aromatic hydroxyl groups is 1. The minimum atomic E-state index is -3.71. The highest BCUT2D eigenvalue weighted by atomic mass is 32.2. The molecule has 3 N–H and O–H groups in total. The zero-order chi connectivity index (χ0) is 14.8. The number of aromatic carboxylic acids is 1. The minimum absolute atomic E-state index is 0.150. The third-order valence-corrected chi connectivity index (χ3v) is 4.30. The summed E-state index contributed by atoms with van der Waals surface area (Å²) >= 11 is 0. The molecule has 20 heavy (non-hydrogen) atoms. The van der Waals surface area contributed by atoms with Gasteiger partial charge < -0.3 is 14.9 Å². The number of benzene rings is 1. The van der Waals surface area contributed by atoms with E-state index < -0.39 is 21.7 Å². The van der Waals surface area contributed by atoms with Crippen LogP contribution in [0.4, 0.5) is 5.69 Å². The molecule has 0 aromatic heterocycles. The Bertz CT molecular complexity index is 606. The van der Waals surface area contributed by atoms with Gasteiger partial charge in [-0.25, -0.2) is 13.2 Å². The van der Waals surface area contributed by atoms with Gasteiger partial charge in [-0.15, -0.1) is 0 Å². The van der Waals surface area contributed by atoms with Crippen LogP contribution in [0, 0.1) is 0 Å². The number of hydrogen-bond acceptors (Lipinski definition) is 5. The zero-order valence-electron chi connectivity index (χ0n) is 10.6. The summed E-state index contributed by atoms with van der Waals surface area (Å²) in [6, 6.07) is 3.84. The molecule has 1 fully saturated rings. The van der Waals surface area contributed by atoms with Crippen LogP contribution in [0.3, 0.4) is 0 Å². The summed E-state index contributed by atoms with van der Waals surface area (Å²) in [4.78, 5) is 10.9. The molecule has 1 aliphatic heterocycles. The Labute approximate surface area is 116 Å². The van der Waals surface area contributed by atoms with Crippen LogP contribution < -0.4 is 4.72 Å². The first-order chi connectivity index (χ1) is 9.39. The van der Waals surface area contributed by atoms with E-state index in [1.54, 1.807) is 0 Å². The maximum absolute atomic E-state index is 11.9. The molecule has 1 unspecified atom stereocenters. The van der Waals surface area contributed by atoms with Crippen LogP contribution in [0.5, 0.6) is 5.75 Å². The van der Waals surface area contributed by atoms with Gasteiger partial charge in [0.1, 0.15) is 5.56 Å². The number of nitrogens with one attached hydrogen (secondary N) is 1. The van der Waals surface area contributed by atoms with Gasteiger partial charge >= 0.3 is 5.97 Å². The van der Waals surface area contributed by atoms with Crippen molar-refractivity contribution >= 4 is 21.7 Å². The van der Waals surface area contributed by atoms with Crippen molar-refractivity contribution in [2.24, 2.45) is 0 Å². The Morgan fingerprint density at radius 3 is 2.80 bits per heavy atom. The molecular formula is C12H15NO6S. The van der Waals surface area contributed by atoms with Gasteiger partial charge in [-0.1, -0.05) is 6.07 Å². The van der Waals surface area contributed by atoms with Crippen molar-refractivity contribution in [3.63, 3.8) is 0 Å². The number of anilines is 1. The first-order valence-electron chi connectivity index (χ1n) is 6.06. The van der Waals surface area contributed by atoms with Crippen LogP contribution in [-0.2, 0) is 14.8 Å². The Hall–Kier alpha value is -1.80. The van der Waals surface area contributed by atoms with E-state index in [9.17, 15) is 18.3 Å². The van der Waals surface area contributed by atoms with Crippen LogP contribution in [-0.4, -0.2) is 43.1 Å². The Morgan fingerprint density at radius 1 is 1.45 bits per heavy atom. The number of phenols is 1. The van der Waals surface area contributed by atoms with E-state index in [1.807, 2.05) is 0 Å². The number of ether oxygens (including phenoxy) is 1. The summed E-state index contributed by atoms with van der Waals surface area (Å²) in [5, 5.41) is 18.6. The number of hydrogen-bond donors (Lipinski definition) is 3. The molecule has 1 heterocycles. The predicted molar refractivity (Wildman–Crippen MR) is 71.4 cm³/mol. The van der Waals surface area contributed by atoms with Crippen molar-refractivity contribution in [2.75, 3.05) is 17.1 Å². The second-order valence-corrected chi connectivity index (χ2v) is 6.29. The second-order valence-electron chi connectivity index (χ2n) is 4.53. The molecule has 8 heteroatoms. The molecule has 110 valence electrons. The van der Waals surface area contributed by atoms with Crippen molar-refractivity contribution in [1.29, 1.82) is 0 Å². The standard InChI is InChI=1S/C12H15NO6S/c14-11-9(12(15)16)4-1-5-10(11)13-20(17,18)7-8-3-2-6-19-8/h1,4-5,8,13-14H,2-3,6-7H2,(H,15,16). The van der Waals surface area contributed by atoms with Gasteiger partial charge in [-0.2, -0.15) is 0 Å². The largest absolute Gasteiger partial charge is 0.505 e. The lowest BCUT2D eigenvalue weighted by molar-refractivity contribution is 0.0693. The normalized spacial score (nSPS) is 18.9. The van der Waals surface area contributed by atoms with Gasteiger partial charge in [-0.05, 0) is 25.0 Å². The molecular weight excluding hydrogens is 286 g/mol. The van der Waals surface area contributed by atoms with E-state index in [1.165, 1.54) is 18.2 Å². The molecule has 0 saturated carbocycles. The Kier molecular flexibility index (Phi) is 4.15. The number of para-hydroxylation sites is 1. The number of carbonyl (C=O) groups is 1. The summed E-state index contributed by atoms with van der Waals surface area (Å²) in [7, 11) is -3.71. The number of carboxylic acid groups (broad SMARTS) is 1. The molecule has 1 aliphatic rings. The van der Waals surface area contributed by atoms with Gasteiger partial charge in [0, 0.05) is 6.61 Å². The predicted octanol–water partition coefficient (Wildman–Crippen LogP) is 1.01. The summed E-state index contributed by atoms with van der Waals surface area (Å²) in [5.41, 5.74) is -0.509. The van der Waals surface area contributed by atoms with Crippen molar-refractivity contribution in [1.82, 2.24) is 0 Å². The molecule has 1 atom stereocenters. The van der Waals surface area contributed by atoms with E-state index in [2.05, 4.69) is 4.72 Å². The monoisotopic (exact) mass is 301 g/mol. The first kappa shape index (κ1) is 14.6. The number of rotatable bonds is 5. The smallest absolute Gasteiger partial charge is 0.339 e. The fourth-order valence-corrected chi connectivity index (χ4v) is 3.36. The van der Waals surface area contributed by atoms with Crippen LogP contribution in [0.25, 0.3) is 0 Å². The lowest BCUT2D eigenvalue weighted by Crippen LogP contribution is -2.25. The molecule has 0 amide bonds. The van der Waals surface area contributed by atoms with E-state index in [0.717, 1.165) is 6.42 Å². The molecule has 0 spiro atoms. The minimum Gasteiger partial charge on any atom is -0.505 e. The maximum atomic E-state index is 11.9. The van der Waals surface area contributed by atoms with Crippen molar-refractivity contribution < 1.29 is 28.2 Å². The van der Waals surface area contributed by atoms with E-state index in [0.29, 0.717) is 13.0 Å². The maximum Gasteiger partial charge on any atom is 0.339 e. The van der Waals surface area contributed by atoms with Gasteiger partial charge in [0.25, 0.3) is 0 Å². The van der Waals surface area contributed by atoms with Crippen LogP contribution >= 0.6 is 0 Å². The highest BCUT2D eigenvalue weighted by Gasteiger charge is 2.24. The molecule has 1 aromatic carbocycles. The highest BCUT2D eigenvalue weighted by Crippen LogP contribution is 2.28. The van der Waals surface area contributed by atoms with Crippen molar-refractivity contribution in [2.45, 2.75) is 18.9 Å². The molecule has 1 aromatic rings. The SMILES string of the molecule is O=C(O)c1cccc(NS(=O)(=O)CC2CCCO2)c1O. The van der Waals surface area contributed by atoms with Crippen molar-refractivity contribution in [3.05, 3.63) is 23.8 Å². The highest BCUT2D eigenvalue weighted by molar-refractivity contribution is 7.92. The molecule has 2 rings (SSSR count). The Morgan fingerprint density at radius 2 is 2.20 bits per heavy atom. The summed E-state index contributed by atoms with van der Waals surface area (Å²) in [6.45, 7) is 0.542. The van der Waals surface area contributed by atoms with Gasteiger partial charge in [0.05, 0.1) is 17.5 Å². The molecule has 0 radical (unpaired) electrons. The topological polar surface area (TPSA) is 113 Å². The average Bonchev–Trinajstić information content (AvgIpc) is 2.83. The van der Waals surface area contributed by atoms with Crippen LogP contribution in [0.15, 0.2) is 18.2 Å². The third-order valence-electron chi connectivity index (χ3n) is 2.96. The molecule has 0 bridgehead atoms. The van der Waals surface area contributed by atoms with Gasteiger partial charge in [0.2, 0.25) is 10.0 Å². The quantitative estimate of drug-likeness (QED) is 0.700. The number of sulfonamides is 1. The van der Waals surface area contributed by atoms with Gasteiger partial charge in [-0.3, -0.25) is 4.72 Å². The van der Waals surface area contributed by atoms with Crippen LogP contribution in [0.2, 0.25) is 0 Å². The van der Waals surface area contributed by atoms with E-state index in [4.69, 9.17) is 9.84 Å². The second kappa shape index (κ2) is 5.68. The molecule has 1 saturated heterocycles. The fourth-order valence-electron chi connectivity index (χ4n) is 2.03. The Balaban J connectivity index is 2.16. The van der Waals surface area contributed by atoms with E-state index in [-0.39, 0.29) is 23.1 Å². The molecule has 0 aliphatic carbocycles. The average molecular weight is 301 g/mol. The summed E-state index contributed by atoms with van der Waals surface area (Å²) in [5.74, 6) is -2.15. The van der Waals surface area contributed by atoms with Gasteiger partial charge in [0.15, 0.2) is 5.75 Å². The number of carboxylic acids is 1. The fraction of sp³-hybridized carbons (Fsp3) is 0.417. The van der Waals surface area contributed by atoms with Crippen LogP contribution in [0.1, 0.15) is 23.2 Å². The summed E-state index contributed by atoms with van der Waals surface area (Å²) in [6.07, 6.45) is 1.12. The zero-order valence-corrected chi connectivity index (χ0v) is 11.4. The lowest BCUT2D eigenvalue weighted by atomic mass is 10.2. The first-order valence-corrected chi connectivity index (χ1v) is 7.71. The third kappa shape index (κ3) is 3.40. The lowest BCUT2D eigenvalue weighted by Gasteiger charge is -2.13. The molecule has 7 nitrogen and oxygen atoms in total. The van der Waals surface area contributed by atoms with Crippen molar-refractivity contribution in [3.8, 4) is 5.75 Å². The summed E-state index contributed by atoms with van der Waals surface area (Å²) < 4.78 is 31.3. The van der Waals surface area contributed by atoms with E-state index >= 15 is 0 Å².